The van der Waals surface area contributed by atoms with Crippen molar-refractivity contribution in [1.29, 1.82) is 0 Å². The fourth-order valence-corrected chi connectivity index (χ4v) is 1.65. The van der Waals surface area contributed by atoms with E-state index in [0.29, 0.717) is 6.61 Å². The zero-order valence-corrected chi connectivity index (χ0v) is 10.1. The molecule has 0 spiro atoms. The van der Waals surface area contributed by atoms with E-state index in [0.717, 1.165) is 18.8 Å². The van der Waals surface area contributed by atoms with Crippen LogP contribution in [-0.4, -0.2) is 30.0 Å². The number of likely N-dealkylation sites (N-methyl/N-ethyl adjacent to an activating group) is 1. The monoisotopic (exact) mass is 211 g/mol. The van der Waals surface area contributed by atoms with Gasteiger partial charge in [0.2, 0.25) is 0 Å². The van der Waals surface area contributed by atoms with Crippen LogP contribution in [0, 0.1) is 6.92 Å². The highest BCUT2D eigenvalue weighted by atomic mass is 16.5. The molecule has 0 fully saturated rings. The number of hydrogen-bond acceptors (Lipinski definition) is 3. The summed E-state index contributed by atoms with van der Waals surface area (Å²) in [4.78, 5) is 0. The minimum absolute atomic E-state index is 0.228. The van der Waals surface area contributed by atoms with Gasteiger partial charge >= 0.3 is 0 Å². The Bertz CT molecular complexity index is 296. The van der Waals surface area contributed by atoms with E-state index in [-0.39, 0.29) is 6.04 Å². The lowest BCUT2D eigenvalue weighted by Crippen LogP contribution is -2.24. The molecule has 1 rings (SSSR count). The first-order valence-corrected chi connectivity index (χ1v) is 5.52. The Hall–Kier alpha value is -0.870. The van der Waals surface area contributed by atoms with E-state index in [4.69, 9.17) is 4.74 Å². The molecular formula is C11H21N3O. The summed E-state index contributed by atoms with van der Waals surface area (Å²) in [5.41, 5.74) is 2.26. The number of rotatable bonds is 6. The summed E-state index contributed by atoms with van der Waals surface area (Å²) in [6.07, 6.45) is 0. The molecule has 0 bridgehead atoms. The lowest BCUT2D eigenvalue weighted by molar-refractivity contribution is 0.123. The highest BCUT2D eigenvalue weighted by Crippen LogP contribution is 2.14. The van der Waals surface area contributed by atoms with Crippen LogP contribution < -0.4 is 5.32 Å². The summed E-state index contributed by atoms with van der Waals surface area (Å²) < 4.78 is 7.47. The van der Waals surface area contributed by atoms with Gasteiger partial charge in [0.25, 0.3) is 0 Å². The van der Waals surface area contributed by atoms with Crippen LogP contribution in [0.5, 0.6) is 0 Å². The Morgan fingerprint density at radius 3 is 2.80 bits per heavy atom. The van der Waals surface area contributed by atoms with E-state index >= 15 is 0 Å². The zero-order valence-electron chi connectivity index (χ0n) is 10.1. The summed E-state index contributed by atoms with van der Waals surface area (Å²) in [6, 6.07) is 2.34. The minimum atomic E-state index is 0.228. The molecule has 1 heterocycles. The summed E-state index contributed by atoms with van der Waals surface area (Å²) in [5, 5.41) is 7.68. The van der Waals surface area contributed by atoms with Gasteiger partial charge in [-0.15, -0.1) is 0 Å². The highest BCUT2D eigenvalue weighted by molar-refractivity contribution is 5.13. The first-order chi connectivity index (χ1) is 7.22. The Labute approximate surface area is 91.6 Å². The quantitative estimate of drug-likeness (QED) is 0.775. The zero-order chi connectivity index (χ0) is 11.3. The van der Waals surface area contributed by atoms with Crippen LogP contribution in [0.2, 0.25) is 0 Å². The average Bonchev–Trinajstić information content (AvgIpc) is 2.61. The molecule has 1 atom stereocenters. The van der Waals surface area contributed by atoms with Crippen molar-refractivity contribution in [2.75, 3.05) is 20.3 Å². The van der Waals surface area contributed by atoms with E-state index in [1.807, 2.05) is 25.6 Å². The predicted octanol–water partition coefficient (Wildman–Crippen LogP) is 1.51. The first-order valence-electron chi connectivity index (χ1n) is 5.52. The van der Waals surface area contributed by atoms with Crippen molar-refractivity contribution in [3.8, 4) is 0 Å². The van der Waals surface area contributed by atoms with Crippen molar-refractivity contribution in [1.82, 2.24) is 15.1 Å². The van der Waals surface area contributed by atoms with Gasteiger partial charge in [-0.1, -0.05) is 0 Å². The molecular weight excluding hydrogens is 190 g/mol. The van der Waals surface area contributed by atoms with E-state index in [1.165, 1.54) is 5.69 Å². The minimum Gasteiger partial charge on any atom is -0.380 e. The summed E-state index contributed by atoms with van der Waals surface area (Å²) >= 11 is 0. The van der Waals surface area contributed by atoms with Crippen LogP contribution in [0.1, 0.15) is 31.3 Å². The SMILES string of the molecule is CCOCC(NC)c1cc(C)nn1CC. The van der Waals surface area contributed by atoms with Crippen molar-refractivity contribution in [2.24, 2.45) is 0 Å². The molecule has 0 aliphatic rings. The second-order valence-electron chi connectivity index (χ2n) is 3.53. The summed E-state index contributed by atoms with van der Waals surface area (Å²) in [5.74, 6) is 0. The van der Waals surface area contributed by atoms with Gasteiger partial charge in [-0.05, 0) is 33.9 Å². The van der Waals surface area contributed by atoms with Crippen LogP contribution in [0.25, 0.3) is 0 Å². The molecule has 0 aliphatic carbocycles. The maximum absolute atomic E-state index is 5.45. The van der Waals surface area contributed by atoms with E-state index in [1.54, 1.807) is 0 Å². The van der Waals surface area contributed by atoms with Crippen LogP contribution in [0.15, 0.2) is 6.07 Å². The molecule has 1 aromatic heterocycles. The molecule has 0 saturated heterocycles. The van der Waals surface area contributed by atoms with Crippen molar-refractivity contribution in [3.05, 3.63) is 17.5 Å². The standard InChI is InChI=1S/C11H21N3O/c1-5-14-11(7-9(3)13-14)10(12-4)8-15-6-2/h7,10,12H,5-6,8H2,1-4H3. The molecule has 4 nitrogen and oxygen atoms in total. The van der Waals surface area contributed by atoms with Crippen LogP contribution in [-0.2, 0) is 11.3 Å². The Morgan fingerprint density at radius 2 is 2.27 bits per heavy atom. The van der Waals surface area contributed by atoms with Gasteiger partial charge < -0.3 is 10.1 Å². The maximum atomic E-state index is 5.45. The van der Waals surface area contributed by atoms with Crippen molar-refractivity contribution >= 4 is 0 Å². The molecule has 1 N–H and O–H groups in total. The lowest BCUT2D eigenvalue weighted by Gasteiger charge is -2.16. The Morgan fingerprint density at radius 1 is 1.53 bits per heavy atom. The van der Waals surface area contributed by atoms with Gasteiger partial charge in [0.1, 0.15) is 0 Å². The maximum Gasteiger partial charge on any atom is 0.0727 e. The highest BCUT2D eigenvalue weighted by Gasteiger charge is 2.14. The molecule has 1 aromatic rings. The number of aromatic nitrogens is 2. The molecule has 86 valence electrons. The molecule has 0 aliphatic heterocycles. The van der Waals surface area contributed by atoms with Gasteiger partial charge in [0.05, 0.1) is 24.0 Å². The van der Waals surface area contributed by atoms with Gasteiger partial charge in [-0.25, -0.2) is 0 Å². The second kappa shape index (κ2) is 5.88. The van der Waals surface area contributed by atoms with Crippen LogP contribution >= 0.6 is 0 Å². The second-order valence-corrected chi connectivity index (χ2v) is 3.53. The number of nitrogens with one attached hydrogen (secondary N) is 1. The van der Waals surface area contributed by atoms with Crippen molar-refractivity contribution < 1.29 is 4.74 Å². The van der Waals surface area contributed by atoms with Gasteiger partial charge in [-0.2, -0.15) is 5.10 Å². The first kappa shape index (κ1) is 12.2. The third-order valence-corrected chi connectivity index (χ3v) is 2.43. The Kier molecular flexibility index (Phi) is 4.78. The summed E-state index contributed by atoms with van der Waals surface area (Å²) in [7, 11) is 1.95. The smallest absolute Gasteiger partial charge is 0.0727 e. The third kappa shape index (κ3) is 3.04. The number of hydrogen-bond donors (Lipinski definition) is 1. The average molecular weight is 211 g/mol. The molecule has 4 heteroatoms. The normalized spacial score (nSPS) is 13.1. The fraction of sp³-hybridized carbons (Fsp3) is 0.727. The van der Waals surface area contributed by atoms with Gasteiger partial charge in [0.15, 0.2) is 0 Å². The molecule has 15 heavy (non-hydrogen) atoms. The predicted molar refractivity (Wildman–Crippen MR) is 60.9 cm³/mol. The van der Waals surface area contributed by atoms with Gasteiger partial charge in [0, 0.05) is 13.2 Å². The van der Waals surface area contributed by atoms with Gasteiger partial charge in [-0.3, -0.25) is 4.68 Å². The van der Waals surface area contributed by atoms with E-state index in [2.05, 4.69) is 23.4 Å². The molecule has 1 unspecified atom stereocenters. The number of aryl methyl sites for hydroxylation is 2. The van der Waals surface area contributed by atoms with E-state index in [9.17, 15) is 0 Å². The van der Waals surface area contributed by atoms with Crippen molar-refractivity contribution in [3.63, 3.8) is 0 Å². The van der Waals surface area contributed by atoms with E-state index < -0.39 is 0 Å². The number of nitrogens with zero attached hydrogens (tertiary/aromatic N) is 2. The van der Waals surface area contributed by atoms with Crippen LogP contribution in [0.4, 0.5) is 0 Å². The summed E-state index contributed by atoms with van der Waals surface area (Å²) in [6.45, 7) is 8.46. The molecule has 0 radical (unpaired) electrons. The Balaban J connectivity index is 2.80. The topological polar surface area (TPSA) is 39.1 Å². The largest absolute Gasteiger partial charge is 0.380 e. The third-order valence-electron chi connectivity index (χ3n) is 2.43. The number of ether oxygens (including phenoxy) is 1. The molecule has 0 amide bonds. The lowest BCUT2D eigenvalue weighted by atomic mass is 10.2. The fourth-order valence-electron chi connectivity index (χ4n) is 1.65. The molecule has 0 aromatic carbocycles. The molecule has 0 saturated carbocycles. The van der Waals surface area contributed by atoms with Crippen molar-refractivity contribution in [2.45, 2.75) is 33.4 Å². The van der Waals surface area contributed by atoms with Crippen LogP contribution in [0.3, 0.4) is 0 Å².